The highest BCUT2D eigenvalue weighted by atomic mass is 19.1. The van der Waals surface area contributed by atoms with Gasteiger partial charge in [-0.25, -0.2) is 4.39 Å². The van der Waals surface area contributed by atoms with E-state index >= 15 is 0 Å². The first-order valence-electron chi connectivity index (χ1n) is 8.48. The molecule has 1 atom stereocenters. The molecule has 0 radical (unpaired) electrons. The highest BCUT2D eigenvalue weighted by Gasteiger charge is 2.38. The topological polar surface area (TPSA) is 59.0 Å². The Kier molecular flexibility index (Phi) is 5.54. The van der Waals surface area contributed by atoms with Crippen LogP contribution in [0.25, 0.3) is 0 Å². The molecule has 2 aromatic rings. The molecule has 5 nitrogen and oxygen atoms in total. The highest BCUT2D eigenvalue weighted by molar-refractivity contribution is 5.97. The van der Waals surface area contributed by atoms with Crippen LogP contribution in [0.4, 0.5) is 4.39 Å². The Labute approximate surface area is 152 Å². The van der Waals surface area contributed by atoms with E-state index in [0.717, 1.165) is 0 Å². The van der Waals surface area contributed by atoms with Gasteiger partial charge in [0, 0.05) is 13.0 Å². The lowest BCUT2D eigenvalue weighted by molar-refractivity contribution is -0.123. The van der Waals surface area contributed by atoms with Crippen molar-refractivity contribution in [2.24, 2.45) is 0 Å². The normalized spacial score (nSPS) is 20.0. The molecule has 1 fully saturated rings. The van der Waals surface area contributed by atoms with E-state index in [0.29, 0.717) is 36.4 Å². The summed E-state index contributed by atoms with van der Waals surface area (Å²) in [7, 11) is 1.52. The number of benzene rings is 2. The molecule has 1 unspecified atom stereocenters. The molecule has 6 heteroatoms. The van der Waals surface area contributed by atoms with Crippen molar-refractivity contribution in [3.63, 3.8) is 0 Å². The minimum atomic E-state index is -0.955. The molecular formula is C20H22FNO4. The molecule has 138 valence electrons. The third kappa shape index (κ3) is 3.86. The van der Waals surface area contributed by atoms with E-state index < -0.39 is 5.60 Å². The summed E-state index contributed by atoms with van der Waals surface area (Å²) in [5.74, 6) is -0.0140. The average Bonchev–Trinajstić information content (AvgIpc) is 2.67. The number of hydrogen-bond acceptors (Lipinski definition) is 4. The van der Waals surface area contributed by atoms with E-state index in [1.807, 2.05) is 0 Å². The van der Waals surface area contributed by atoms with Crippen molar-refractivity contribution in [2.45, 2.75) is 12.0 Å². The number of aliphatic hydroxyl groups excluding tert-OH is 1. The number of amides is 1. The van der Waals surface area contributed by atoms with Gasteiger partial charge in [-0.1, -0.05) is 24.3 Å². The molecule has 1 saturated heterocycles. The Morgan fingerprint density at radius 2 is 2.12 bits per heavy atom. The summed E-state index contributed by atoms with van der Waals surface area (Å²) in [6.07, 6.45) is 0.316. The molecule has 0 saturated carbocycles. The number of aliphatic hydroxyl groups is 1. The van der Waals surface area contributed by atoms with Crippen LogP contribution in [0.1, 0.15) is 15.9 Å². The van der Waals surface area contributed by atoms with Crippen LogP contribution in [0.5, 0.6) is 5.75 Å². The number of para-hydroxylation sites is 1. The van der Waals surface area contributed by atoms with Crippen LogP contribution in [0.2, 0.25) is 0 Å². The van der Waals surface area contributed by atoms with Gasteiger partial charge in [0.25, 0.3) is 5.91 Å². The lowest BCUT2D eigenvalue weighted by Gasteiger charge is -2.42. The number of methoxy groups -OCH3 is 1. The number of carbonyl (C=O) groups excluding carboxylic acids is 1. The number of halogens is 1. The molecule has 1 aliphatic rings. The monoisotopic (exact) mass is 359 g/mol. The second kappa shape index (κ2) is 7.85. The summed E-state index contributed by atoms with van der Waals surface area (Å²) in [4.78, 5) is 14.6. The SMILES string of the molecule is COc1ccccc1C(=O)N1CCOC(CO)(Cc2cccc(F)c2)C1. The zero-order chi connectivity index (χ0) is 18.6. The predicted molar refractivity (Wildman–Crippen MR) is 94.8 cm³/mol. The standard InChI is InChI=1S/C20H22FNO4/c1-25-18-8-3-2-7-17(18)19(24)22-9-10-26-20(13-22,14-23)12-15-5-4-6-16(21)11-15/h2-8,11,23H,9-10,12-14H2,1H3. The molecular weight excluding hydrogens is 337 g/mol. The van der Waals surface area contributed by atoms with Crippen molar-refractivity contribution in [2.75, 3.05) is 33.4 Å². The third-order valence-corrected chi connectivity index (χ3v) is 4.58. The number of ether oxygens (including phenoxy) is 2. The molecule has 26 heavy (non-hydrogen) atoms. The molecule has 0 bridgehead atoms. The van der Waals surface area contributed by atoms with Crippen LogP contribution in [-0.2, 0) is 11.2 Å². The van der Waals surface area contributed by atoms with Crippen molar-refractivity contribution in [1.82, 2.24) is 4.90 Å². The number of carbonyl (C=O) groups is 1. The fourth-order valence-corrected chi connectivity index (χ4v) is 3.29. The summed E-state index contributed by atoms with van der Waals surface area (Å²) in [6.45, 7) is 0.675. The molecule has 1 N–H and O–H groups in total. The molecule has 0 aliphatic carbocycles. The summed E-state index contributed by atoms with van der Waals surface area (Å²) in [5.41, 5.74) is 0.226. The van der Waals surface area contributed by atoms with Crippen LogP contribution in [0.15, 0.2) is 48.5 Å². The molecule has 1 heterocycles. The summed E-state index contributed by atoms with van der Waals surface area (Å²) >= 11 is 0. The second-order valence-corrected chi connectivity index (χ2v) is 6.42. The Hall–Kier alpha value is -2.44. The number of nitrogens with zero attached hydrogens (tertiary/aromatic N) is 1. The zero-order valence-electron chi connectivity index (χ0n) is 14.7. The van der Waals surface area contributed by atoms with Gasteiger partial charge in [-0.15, -0.1) is 0 Å². The molecule has 2 aromatic carbocycles. The first kappa shape index (κ1) is 18.4. The lowest BCUT2D eigenvalue weighted by Crippen LogP contribution is -2.56. The Morgan fingerprint density at radius 3 is 2.85 bits per heavy atom. The van der Waals surface area contributed by atoms with Gasteiger partial charge >= 0.3 is 0 Å². The maximum Gasteiger partial charge on any atom is 0.257 e. The average molecular weight is 359 g/mol. The first-order chi connectivity index (χ1) is 12.6. The van der Waals surface area contributed by atoms with E-state index in [1.54, 1.807) is 41.3 Å². The van der Waals surface area contributed by atoms with Gasteiger partial charge in [0.05, 0.1) is 32.4 Å². The minimum absolute atomic E-state index is 0.178. The molecule has 0 spiro atoms. The maximum atomic E-state index is 13.5. The quantitative estimate of drug-likeness (QED) is 0.890. The van der Waals surface area contributed by atoms with E-state index in [4.69, 9.17) is 9.47 Å². The summed E-state index contributed by atoms with van der Waals surface area (Å²) < 4.78 is 24.6. The smallest absolute Gasteiger partial charge is 0.257 e. The van der Waals surface area contributed by atoms with Crippen LogP contribution < -0.4 is 4.74 Å². The van der Waals surface area contributed by atoms with Crippen molar-refractivity contribution in [3.8, 4) is 5.75 Å². The number of rotatable bonds is 5. The van der Waals surface area contributed by atoms with Crippen molar-refractivity contribution in [3.05, 3.63) is 65.5 Å². The van der Waals surface area contributed by atoms with Crippen LogP contribution in [0.3, 0.4) is 0 Å². The van der Waals surface area contributed by atoms with Crippen molar-refractivity contribution < 1.29 is 23.8 Å². The Morgan fingerprint density at radius 1 is 1.31 bits per heavy atom. The molecule has 1 aliphatic heterocycles. The Balaban J connectivity index is 1.81. The van der Waals surface area contributed by atoms with Crippen LogP contribution in [0, 0.1) is 5.82 Å². The van der Waals surface area contributed by atoms with Gasteiger partial charge in [-0.05, 0) is 29.8 Å². The lowest BCUT2D eigenvalue weighted by atomic mass is 9.92. The van der Waals surface area contributed by atoms with Crippen LogP contribution >= 0.6 is 0 Å². The fourth-order valence-electron chi connectivity index (χ4n) is 3.29. The van der Waals surface area contributed by atoms with E-state index in [1.165, 1.54) is 19.2 Å². The number of morpholine rings is 1. The maximum absolute atomic E-state index is 13.5. The summed E-state index contributed by atoms with van der Waals surface area (Å²) in [5, 5.41) is 9.96. The zero-order valence-corrected chi connectivity index (χ0v) is 14.7. The van der Waals surface area contributed by atoms with Crippen molar-refractivity contribution >= 4 is 5.91 Å². The minimum Gasteiger partial charge on any atom is -0.496 e. The third-order valence-electron chi connectivity index (χ3n) is 4.58. The number of hydrogen-bond donors (Lipinski definition) is 1. The van der Waals surface area contributed by atoms with Gasteiger partial charge < -0.3 is 19.5 Å². The van der Waals surface area contributed by atoms with Crippen LogP contribution in [-0.4, -0.2) is 54.9 Å². The highest BCUT2D eigenvalue weighted by Crippen LogP contribution is 2.26. The molecule has 0 aromatic heterocycles. The Bertz CT molecular complexity index is 782. The molecule has 1 amide bonds. The predicted octanol–water partition coefficient (Wildman–Crippen LogP) is 2.28. The largest absolute Gasteiger partial charge is 0.496 e. The van der Waals surface area contributed by atoms with E-state index in [-0.39, 0.29) is 24.9 Å². The van der Waals surface area contributed by atoms with E-state index in [9.17, 15) is 14.3 Å². The van der Waals surface area contributed by atoms with Gasteiger partial charge in [-0.2, -0.15) is 0 Å². The van der Waals surface area contributed by atoms with Gasteiger partial charge in [-0.3, -0.25) is 4.79 Å². The van der Waals surface area contributed by atoms with Gasteiger partial charge in [0.1, 0.15) is 17.2 Å². The fraction of sp³-hybridized carbons (Fsp3) is 0.350. The van der Waals surface area contributed by atoms with E-state index in [2.05, 4.69) is 0 Å². The summed E-state index contributed by atoms with van der Waals surface area (Å²) in [6, 6.07) is 13.2. The second-order valence-electron chi connectivity index (χ2n) is 6.42. The van der Waals surface area contributed by atoms with Gasteiger partial charge in [0.2, 0.25) is 0 Å². The van der Waals surface area contributed by atoms with Crippen molar-refractivity contribution in [1.29, 1.82) is 0 Å². The molecule has 3 rings (SSSR count). The first-order valence-corrected chi connectivity index (χ1v) is 8.48. The van der Waals surface area contributed by atoms with Gasteiger partial charge in [0.15, 0.2) is 0 Å².